The van der Waals surface area contributed by atoms with Crippen LogP contribution < -0.4 is 5.32 Å². The molecule has 1 N–H and O–H groups in total. The molecule has 1 aliphatic rings. The Kier molecular flexibility index (Phi) is 4.79. The van der Waals surface area contributed by atoms with Gasteiger partial charge < -0.3 is 5.32 Å². The number of hydrogen-bond acceptors (Lipinski definition) is 2. The summed E-state index contributed by atoms with van der Waals surface area (Å²) in [7, 11) is 0. The van der Waals surface area contributed by atoms with E-state index in [-0.39, 0.29) is 0 Å². The van der Waals surface area contributed by atoms with E-state index in [1.165, 1.54) is 5.56 Å². The molecule has 1 fully saturated rings. The second kappa shape index (κ2) is 6.14. The third-order valence-electron chi connectivity index (χ3n) is 2.99. The van der Waals surface area contributed by atoms with Crippen molar-refractivity contribution >= 4 is 31.9 Å². The highest BCUT2D eigenvalue weighted by Crippen LogP contribution is 2.28. The van der Waals surface area contributed by atoms with Gasteiger partial charge in [-0.25, -0.2) is 0 Å². The minimum atomic E-state index is 0.297. The molecule has 0 amide bonds. The van der Waals surface area contributed by atoms with Crippen molar-refractivity contribution in [2.45, 2.75) is 6.04 Å². The molecule has 1 saturated heterocycles. The highest BCUT2D eigenvalue weighted by molar-refractivity contribution is 9.11. The zero-order valence-electron chi connectivity index (χ0n) is 9.63. The molecule has 17 heavy (non-hydrogen) atoms. The van der Waals surface area contributed by atoms with Crippen LogP contribution in [0.15, 0.2) is 39.8 Å². The van der Waals surface area contributed by atoms with Gasteiger partial charge in [-0.3, -0.25) is 4.90 Å². The van der Waals surface area contributed by atoms with Gasteiger partial charge in [0.2, 0.25) is 0 Å². The Balaban J connectivity index is 2.24. The van der Waals surface area contributed by atoms with Gasteiger partial charge in [0.25, 0.3) is 0 Å². The molecule has 0 radical (unpaired) electrons. The maximum atomic E-state index is 3.98. The molecule has 1 heterocycles. The Morgan fingerprint density at radius 2 is 1.76 bits per heavy atom. The quantitative estimate of drug-likeness (QED) is 0.832. The fraction of sp³-hybridized carbons (Fsp3) is 0.385. The molecule has 2 nitrogen and oxygen atoms in total. The van der Waals surface area contributed by atoms with E-state index in [4.69, 9.17) is 0 Å². The van der Waals surface area contributed by atoms with E-state index in [0.717, 1.165) is 35.1 Å². The molecule has 0 unspecified atom stereocenters. The molecule has 0 aromatic heterocycles. The average Bonchev–Trinajstić information content (AvgIpc) is 2.30. The third-order valence-corrected chi connectivity index (χ3v) is 3.91. The normalized spacial score (nSPS) is 18.9. The SMILES string of the molecule is C=C[C@H](c1cc(Br)cc(Br)c1)N1CCNCC1. The third kappa shape index (κ3) is 3.41. The highest BCUT2D eigenvalue weighted by Gasteiger charge is 2.19. The Hall–Kier alpha value is -0.160. The van der Waals surface area contributed by atoms with E-state index in [0.29, 0.717) is 6.04 Å². The van der Waals surface area contributed by atoms with Crippen molar-refractivity contribution in [3.8, 4) is 0 Å². The molecule has 0 spiro atoms. The first-order valence-corrected chi connectivity index (χ1v) is 7.32. The average molecular weight is 360 g/mol. The van der Waals surface area contributed by atoms with Crippen LogP contribution >= 0.6 is 31.9 Å². The molecule has 1 aliphatic heterocycles. The van der Waals surface area contributed by atoms with E-state index in [9.17, 15) is 0 Å². The zero-order chi connectivity index (χ0) is 12.3. The molecule has 1 aromatic rings. The van der Waals surface area contributed by atoms with Crippen LogP contribution in [0.25, 0.3) is 0 Å². The molecular formula is C13H16Br2N2. The molecule has 1 atom stereocenters. The molecule has 2 rings (SSSR count). The summed E-state index contributed by atoms with van der Waals surface area (Å²) in [4.78, 5) is 2.46. The maximum Gasteiger partial charge on any atom is 0.0530 e. The van der Waals surface area contributed by atoms with Gasteiger partial charge in [-0.15, -0.1) is 6.58 Å². The summed E-state index contributed by atoms with van der Waals surface area (Å²) in [6.45, 7) is 8.23. The number of nitrogens with zero attached hydrogens (tertiary/aromatic N) is 1. The van der Waals surface area contributed by atoms with Crippen LogP contribution in [0.5, 0.6) is 0 Å². The van der Waals surface area contributed by atoms with Crippen molar-refractivity contribution in [3.63, 3.8) is 0 Å². The molecule has 0 saturated carbocycles. The first-order valence-electron chi connectivity index (χ1n) is 5.74. The van der Waals surface area contributed by atoms with Gasteiger partial charge in [-0.2, -0.15) is 0 Å². The number of nitrogens with one attached hydrogen (secondary N) is 1. The van der Waals surface area contributed by atoms with E-state index in [2.05, 4.69) is 66.9 Å². The van der Waals surface area contributed by atoms with Crippen molar-refractivity contribution < 1.29 is 0 Å². The zero-order valence-corrected chi connectivity index (χ0v) is 12.8. The van der Waals surface area contributed by atoms with Crippen molar-refractivity contribution in [2.24, 2.45) is 0 Å². The van der Waals surface area contributed by atoms with Crippen LogP contribution in [-0.2, 0) is 0 Å². The van der Waals surface area contributed by atoms with Gasteiger partial charge in [0.1, 0.15) is 0 Å². The molecule has 0 aliphatic carbocycles. The summed E-state index contributed by atoms with van der Waals surface area (Å²) in [5.41, 5.74) is 1.28. The van der Waals surface area contributed by atoms with Crippen molar-refractivity contribution in [2.75, 3.05) is 26.2 Å². The Bertz CT molecular complexity index is 380. The van der Waals surface area contributed by atoms with Gasteiger partial charge >= 0.3 is 0 Å². The van der Waals surface area contributed by atoms with Gasteiger partial charge in [-0.05, 0) is 23.8 Å². The van der Waals surface area contributed by atoms with Crippen molar-refractivity contribution in [1.82, 2.24) is 10.2 Å². The second-order valence-corrected chi connectivity index (χ2v) is 6.00. The number of halogens is 2. The molecule has 4 heteroatoms. The van der Waals surface area contributed by atoms with Gasteiger partial charge in [0, 0.05) is 35.1 Å². The van der Waals surface area contributed by atoms with E-state index >= 15 is 0 Å². The maximum absolute atomic E-state index is 3.98. The van der Waals surface area contributed by atoms with E-state index < -0.39 is 0 Å². The first-order chi connectivity index (χ1) is 8.20. The summed E-state index contributed by atoms with van der Waals surface area (Å²) in [6, 6.07) is 6.69. The number of rotatable bonds is 3. The number of benzene rings is 1. The monoisotopic (exact) mass is 358 g/mol. The minimum absolute atomic E-state index is 0.297. The van der Waals surface area contributed by atoms with Gasteiger partial charge in [0.15, 0.2) is 0 Å². The second-order valence-electron chi connectivity index (χ2n) is 4.17. The Morgan fingerprint density at radius 1 is 1.18 bits per heavy atom. The Labute approximate surface area is 119 Å². The molecule has 1 aromatic carbocycles. The predicted molar refractivity (Wildman–Crippen MR) is 79.2 cm³/mol. The fourth-order valence-corrected chi connectivity index (χ4v) is 3.53. The fourth-order valence-electron chi connectivity index (χ4n) is 2.20. The van der Waals surface area contributed by atoms with E-state index in [1.54, 1.807) is 0 Å². The topological polar surface area (TPSA) is 15.3 Å². The summed E-state index contributed by atoms with van der Waals surface area (Å²) < 4.78 is 2.20. The van der Waals surface area contributed by atoms with Crippen LogP contribution in [0.2, 0.25) is 0 Å². The molecular weight excluding hydrogens is 344 g/mol. The number of hydrogen-bond donors (Lipinski definition) is 1. The largest absolute Gasteiger partial charge is 0.314 e. The smallest absolute Gasteiger partial charge is 0.0530 e. The van der Waals surface area contributed by atoms with Crippen LogP contribution in [0.3, 0.4) is 0 Å². The van der Waals surface area contributed by atoms with Gasteiger partial charge in [-0.1, -0.05) is 37.9 Å². The standard InChI is InChI=1S/C13H16Br2N2/c1-2-13(17-5-3-16-4-6-17)10-7-11(14)9-12(15)8-10/h2,7-9,13,16H,1,3-6H2/t13-/m1/s1. The molecule has 92 valence electrons. The lowest BCUT2D eigenvalue weighted by atomic mass is 10.0. The van der Waals surface area contributed by atoms with Crippen molar-refractivity contribution in [1.29, 1.82) is 0 Å². The summed E-state index contributed by atoms with van der Waals surface area (Å²) in [6.07, 6.45) is 2.03. The van der Waals surface area contributed by atoms with Crippen LogP contribution in [0, 0.1) is 0 Å². The first kappa shape index (κ1) is 13.3. The summed E-state index contributed by atoms with van der Waals surface area (Å²) in [5.74, 6) is 0. The lowest BCUT2D eigenvalue weighted by molar-refractivity contribution is 0.203. The lowest BCUT2D eigenvalue weighted by Gasteiger charge is -2.33. The molecule has 0 bridgehead atoms. The van der Waals surface area contributed by atoms with E-state index in [1.807, 2.05) is 6.08 Å². The van der Waals surface area contributed by atoms with Gasteiger partial charge in [0.05, 0.1) is 6.04 Å². The van der Waals surface area contributed by atoms with Crippen LogP contribution in [0.4, 0.5) is 0 Å². The summed E-state index contributed by atoms with van der Waals surface area (Å²) in [5, 5.41) is 3.37. The summed E-state index contributed by atoms with van der Waals surface area (Å²) >= 11 is 7.08. The van der Waals surface area contributed by atoms with Crippen LogP contribution in [-0.4, -0.2) is 31.1 Å². The highest BCUT2D eigenvalue weighted by atomic mass is 79.9. The van der Waals surface area contributed by atoms with Crippen LogP contribution in [0.1, 0.15) is 11.6 Å². The minimum Gasteiger partial charge on any atom is -0.314 e. The Morgan fingerprint density at radius 3 is 2.29 bits per heavy atom. The predicted octanol–water partition coefficient (Wildman–Crippen LogP) is 3.34. The van der Waals surface area contributed by atoms with Crippen molar-refractivity contribution in [3.05, 3.63) is 45.4 Å². The lowest BCUT2D eigenvalue weighted by Crippen LogP contribution is -2.44. The number of piperazine rings is 1.